The largest absolute Gasteiger partial charge is 0.381 e. The molecule has 1 saturated carbocycles. The van der Waals surface area contributed by atoms with E-state index in [1.807, 2.05) is 14.1 Å². The first-order valence-electron chi connectivity index (χ1n) is 5.70. The van der Waals surface area contributed by atoms with Crippen LogP contribution in [0.4, 0.5) is 0 Å². The van der Waals surface area contributed by atoms with Crippen LogP contribution in [0.15, 0.2) is 0 Å². The van der Waals surface area contributed by atoms with Crippen molar-refractivity contribution in [3.8, 4) is 0 Å². The van der Waals surface area contributed by atoms with E-state index in [0.29, 0.717) is 13.0 Å². The Balaban J connectivity index is 0.00000225. The summed E-state index contributed by atoms with van der Waals surface area (Å²) in [6, 6.07) is 0. The SMILES string of the molecule is CNCCN(C)C(=O)CCOCC1CC1.Cl. The van der Waals surface area contributed by atoms with Gasteiger partial charge in [-0.25, -0.2) is 0 Å². The highest BCUT2D eigenvalue weighted by atomic mass is 35.5. The zero-order valence-electron chi connectivity index (χ0n) is 10.2. The summed E-state index contributed by atoms with van der Waals surface area (Å²) in [5.41, 5.74) is 0. The Bertz CT molecular complexity index is 198. The maximum atomic E-state index is 11.5. The molecule has 1 amide bonds. The Labute approximate surface area is 104 Å². The van der Waals surface area contributed by atoms with E-state index >= 15 is 0 Å². The predicted molar refractivity (Wildman–Crippen MR) is 67.0 cm³/mol. The molecule has 0 aromatic heterocycles. The standard InChI is InChI=1S/C11H22N2O2.ClH/c1-12-6-7-13(2)11(14)5-8-15-9-10-3-4-10;/h10,12H,3-9H2,1-2H3;1H. The van der Waals surface area contributed by atoms with Crippen LogP contribution in [0.2, 0.25) is 0 Å². The maximum Gasteiger partial charge on any atom is 0.224 e. The number of carbonyl (C=O) groups is 1. The van der Waals surface area contributed by atoms with Crippen LogP contribution in [0.5, 0.6) is 0 Å². The Morgan fingerprint density at radius 3 is 2.75 bits per heavy atom. The number of amides is 1. The summed E-state index contributed by atoms with van der Waals surface area (Å²) in [7, 11) is 3.72. The van der Waals surface area contributed by atoms with Gasteiger partial charge in [0.15, 0.2) is 0 Å². The monoisotopic (exact) mass is 250 g/mol. The quantitative estimate of drug-likeness (QED) is 0.651. The highest BCUT2D eigenvalue weighted by Crippen LogP contribution is 2.28. The zero-order chi connectivity index (χ0) is 11.1. The molecule has 4 nitrogen and oxygen atoms in total. The van der Waals surface area contributed by atoms with E-state index in [4.69, 9.17) is 4.74 Å². The van der Waals surface area contributed by atoms with E-state index in [-0.39, 0.29) is 18.3 Å². The summed E-state index contributed by atoms with van der Waals surface area (Å²) in [4.78, 5) is 13.3. The molecule has 1 aliphatic carbocycles. The van der Waals surface area contributed by atoms with Gasteiger partial charge in [-0.3, -0.25) is 4.79 Å². The Morgan fingerprint density at radius 2 is 2.19 bits per heavy atom. The van der Waals surface area contributed by atoms with Crippen LogP contribution in [-0.4, -0.2) is 51.2 Å². The second kappa shape index (κ2) is 8.79. The van der Waals surface area contributed by atoms with Gasteiger partial charge in [0.1, 0.15) is 0 Å². The van der Waals surface area contributed by atoms with Gasteiger partial charge in [-0.05, 0) is 25.8 Å². The van der Waals surface area contributed by atoms with E-state index in [9.17, 15) is 4.79 Å². The molecule has 0 aromatic rings. The first kappa shape index (κ1) is 15.7. The molecule has 0 bridgehead atoms. The van der Waals surface area contributed by atoms with Gasteiger partial charge in [-0.2, -0.15) is 0 Å². The van der Waals surface area contributed by atoms with Crippen LogP contribution in [-0.2, 0) is 9.53 Å². The predicted octanol–water partition coefficient (Wildman–Crippen LogP) is 0.903. The number of rotatable bonds is 8. The third kappa shape index (κ3) is 7.04. The summed E-state index contributed by atoms with van der Waals surface area (Å²) < 4.78 is 5.42. The van der Waals surface area contributed by atoms with E-state index in [1.54, 1.807) is 4.90 Å². The molecular weight excluding hydrogens is 228 g/mol. The van der Waals surface area contributed by atoms with Crippen LogP contribution in [0.25, 0.3) is 0 Å². The maximum absolute atomic E-state index is 11.5. The molecule has 0 unspecified atom stereocenters. The van der Waals surface area contributed by atoms with Crippen LogP contribution >= 0.6 is 12.4 Å². The molecule has 0 aromatic carbocycles. The Hall–Kier alpha value is -0.320. The average molecular weight is 251 g/mol. The summed E-state index contributed by atoms with van der Waals surface area (Å²) >= 11 is 0. The summed E-state index contributed by atoms with van der Waals surface area (Å²) in [6.45, 7) is 3.01. The van der Waals surface area contributed by atoms with Gasteiger partial charge >= 0.3 is 0 Å². The van der Waals surface area contributed by atoms with Crippen LogP contribution in [0, 0.1) is 5.92 Å². The molecule has 1 fully saturated rings. The Kier molecular flexibility index (Phi) is 8.61. The van der Waals surface area contributed by atoms with Crippen molar-refractivity contribution in [3.05, 3.63) is 0 Å². The normalized spacial score (nSPS) is 14.4. The van der Waals surface area contributed by atoms with Crippen LogP contribution in [0.1, 0.15) is 19.3 Å². The van der Waals surface area contributed by atoms with E-state index in [2.05, 4.69) is 5.32 Å². The number of hydrogen-bond donors (Lipinski definition) is 1. The lowest BCUT2D eigenvalue weighted by Gasteiger charge is -2.16. The van der Waals surface area contributed by atoms with E-state index in [1.165, 1.54) is 12.8 Å². The molecule has 0 heterocycles. The van der Waals surface area contributed by atoms with Gasteiger partial charge in [0.2, 0.25) is 5.91 Å². The molecule has 0 radical (unpaired) electrons. The Morgan fingerprint density at radius 1 is 1.50 bits per heavy atom. The van der Waals surface area contributed by atoms with Gasteiger partial charge in [0.05, 0.1) is 13.0 Å². The smallest absolute Gasteiger partial charge is 0.224 e. The van der Waals surface area contributed by atoms with Crippen LogP contribution < -0.4 is 5.32 Å². The number of nitrogens with one attached hydrogen (secondary N) is 1. The van der Waals surface area contributed by atoms with Gasteiger partial charge < -0.3 is 15.0 Å². The molecule has 0 aliphatic heterocycles. The van der Waals surface area contributed by atoms with Gasteiger partial charge in [-0.15, -0.1) is 12.4 Å². The van der Waals surface area contributed by atoms with E-state index < -0.39 is 0 Å². The number of nitrogens with zero attached hydrogens (tertiary/aromatic N) is 1. The van der Waals surface area contributed by atoms with Crippen molar-refractivity contribution in [3.63, 3.8) is 0 Å². The molecule has 0 saturated heterocycles. The minimum Gasteiger partial charge on any atom is -0.381 e. The number of carbonyl (C=O) groups excluding carboxylic acids is 1. The second-order valence-corrected chi connectivity index (χ2v) is 4.19. The first-order chi connectivity index (χ1) is 7.24. The summed E-state index contributed by atoms with van der Waals surface area (Å²) in [6.07, 6.45) is 3.11. The second-order valence-electron chi connectivity index (χ2n) is 4.19. The molecule has 0 atom stereocenters. The fraction of sp³-hybridized carbons (Fsp3) is 0.909. The summed E-state index contributed by atoms with van der Waals surface area (Å²) in [5, 5.41) is 3.02. The lowest BCUT2D eigenvalue weighted by molar-refractivity contribution is -0.131. The highest BCUT2D eigenvalue weighted by molar-refractivity contribution is 5.85. The third-order valence-corrected chi connectivity index (χ3v) is 2.63. The number of hydrogen-bond acceptors (Lipinski definition) is 3. The molecule has 1 rings (SSSR count). The number of halogens is 1. The zero-order valence-corrected chi connectivity index (χ0v) is 11.0. The van der Waals surface area contributed by atoms with Crippen molar-refractivity contribution in [1.82, 2.24) is 10.2 Å². The minimum atomic E-state index is 0. The number of likely N-dealkylation sites (N-methyl/N-ethyl adjacent to an activating group) is 2. The number of ether oxygens (including phenoxy) is 1. The van der Waals surface area contributed by atoms with Crippen molar-refractivity contribution in [2.75, 3.05) is 40.4 Å². The molecule has 96 valence electrons. The topological polar surface area (TPSA) is 41.6 Å². The molecule has 16 heavy (non-hydrogen) atoms. The van der Waals surface area contributed by atoms with Crippen molar-refractivity contribution in [1.29, 1.82) is 0 Å². The summed E-state index contributed by atoms with van der Waals surface area (Å²) in [5.74, 6) is 0.947. The first-order valence-corrected chi connectivity index (χ1v) is 5.70. The van der Waals surface area contributed by atoms with Crippen molar-refractivity contribution in [2.24, 2.45) is 5.92 Å². The lowest BCUT2D eigenvalue weighted by Crippen LogP contribution is -2.33. The van der Waals surface area contributed by atoms with Crippen molar-refractivity contribution in [2.45, 2.75) is 19.3 Å². The fourth-order valence-corrected chi connectivity index (χ4v) is 1.29. The lowest BCUT2D eigenvalue weighted by atomic mass is 10.4. The highest BCUT2D eigenvalue weighted by Gasteiger charge is 2.21. The molecule has 5 heteroatoms. The fourth-order valence-electron chi connectivity index (χ4n) is 1.29. The van der Waals surface area contributed by atoms with Gasteiger partial charge in [0, 0.05) is 26.7 Å². The molecule has 0 spiro atoms. The minimum absolute atomic E-state index is 0. The van der Waals surface area contributed by atoms with Crippen LogP contribution in [0.3, 0.4) is 0 Å². The molecule has 1 aliphatic rings. The molecule has 1 N–H and O–H groups in total. The van der Waals surface area contributed by atoms with E-state index in [0.717, 1.165) is 25.6 Å². The molecular formula is C11H23ClN2O2. The van der Waals surface area contributed by atoms with Crippen molar-refractivity contribution >= 4 is 18.3 Å². The average Bonchev–Trinajstić information content (AvgIpc) is 3.04. The van der Waals surface area contributed by atoms with Gasteiger partial charge in [-0.1, -0.05) is 0 Å². The third-order valence-electron chi connectivity index (χ3n) is 2.63. The van der Waals surface area contributed by atoms with Gasteiger partial charge in [0.25, 0.3) is 0 Å². The van der Waals surface area contributed by atoms with Crippen molar-refractivity contribution < 1.29 is 9.53 Å².